The lowest BCUT2D eigenvalue weighted by Gasteiger charge is -2.17. The number of aromatic nitrogens is 4. The number of amides is 1. The number of methoxy groups -OCH3 is 1. The maximum absolute atomic E-state index is 12.8. The number of ether oxygens (including phenoxy) is 1. The molecule has 156 valence electrons. The lowest BCUT2D eigenvalue weighted by atomic mass is 10.0. The number of nitrogens with one attached hydrogen (secondary N) is 2. The Bertz CT molecular complexity index is 1230. The summed E-state index contributed by atoms with van der Waals surface area (Å²) in [5, 5.41) is 10.8. The number of hydrogen-bond acceptors (Lipinski definition) is 6. The van der Waals surface area contributed by atoms with Gasteiger partial charge in [0.15, 0.2) is 5.69 Å². The molecular weight excluding hydrogens is 392 g/mol. The number of aromatic amines is 1. The number of anilines is 2. The van der Waals surface area contributed by atoms with Crippen LogP contribution >= 0.6 is 0 Å². The van der Waals surface area contributed by atoms with Crippen LogP contribution in [0, 0.1) is 0 Å². The molecule has 0 bridgehead atoms. The van der Waals surface area contributed by atoms with E-state index in [-0.39, 0.29) is 5.91 Å². The predicted molar refractivity (Wildman–Crippen MR) is 120 cm³/mol. The Morgan fingerprint density at radius 1 is 1.06 bits per heavy atom. The van der Waals surface area contributed by atoms with Gasteiger partial charge in [0.25, 0.3) is 5.91 Å². The van der Waals surface area contributed by atoms with Crippen molar-refractivity contribution in [3.8, 4) is 17.0 Å². The number of pyridine rings is 2. The third-order valence-corrected chi connectivity index (χ3v) is 5.51. The van der Waals surface area contributed by atoms with E-state index in [0.717, 1.165) is 40.8 Å². The highest BCUT2D eigenvalue weighted by atomic mass is 16.5. The van der Waals surface area contributed by atoms with E-state index in [0.29, 0.717) is 17.3 Å². The van der Waals surface area contributed by atoms with Crippen LogP contribution in [0.4, 0.5) is 11.4 Å². The van der Waals surface area contributed by atoms with E-state index in [1.807, 2.05) is 30.6 Å². The first-order chi connectivity index (χ1) is 15.2. The molecule has 1 aromatic carbocycles. The molecule has 2 N–H and O–H groups in total. The molecule has 1 aliphatic heterocycles. The van der Waals surface area contributed by atoms with Crippen LogP contribution in [-0.4, -0.2) is 46.3 Å². The Kier molecular flexibility index (Phi) is 4.95. The summed E-state index contributed by atoms with van der Waals surface area (Å²) in [5.41, 5.74) is 4.83. The first-order valence-corrected chi connectivity index (χ1v) is 10.2. The minimum atomic E-state index is -0.306. The van der Waals surface area contributed by atoms with Gasteiger partial charge in [-0.2, -0.15) is 5.10 Å². The first-order valence-electron chi connectivity index (χ1n) is 10.2. The first kappa shape index (κ1) is 19.0. The Hall–Kier alpha value is -3.94. The second kappa shape index (κ2) is 8.06. The number of hydrogen-bond donors (Lipinski definition) is 2. The van der Waals surface area contributed by atoms with Gasteiger partial charge in [0, 0.05) is 36.3 Å². The van der Waals surface area contributed by atoms with Gasteiger partial charge in [0.1, 0.15) is 0 Å². The molecule has 1 aliphatic rings. The molecule has 5 rings (SSSR count). The van der Waals surface area contributed by atoms with Crippen molar-refractivity contribution in [2.24, 2.45) is 0 Å². The van der Waals surface area contributed by atoms with Gasteiger partial charge in [-0.05, 0) is 42.7 Å². The number of carbonyl (C=O) groups excluding carboxylic acids is 1. The minimum Gasteiger partial charge on any atom is -0.481 e. The molecule has 4 aromatic rings. The van der Waals surface area contributed by atoms with Crippen LogP contribution in [0.15, 0.2) is 55.0 Å². The topological polar surface area (TPSA) is 96.0 Å². The summed E-state index contributed by atoms with van der Waals surface area (Å²) in [7, 11) is 1.55. The summed E-state index contributed by atoms with van der Waals surface area (Å²) >= 11 is 0. The van der Waals surface area contributed by atoms with Crippen molar-refractivity contribution < 1.29 is 9.53 Å². The van der Waals surface area contributed by atoms with Gasteiger partial charge in [-0.3, -0.25) is 14.9 Å². The summed E-state index contributed by atoms with van der Waals surface area (Å²) in [6.45, 7) is 2.13. The average molecular weight is 414 g/mol. The molecule has 0 atom stereocenters. The van der Waals surface area contributed by atoms with Crippen molar-refractivity contribution in [1.82, 2.24) is 20.2 Å². The van der Waals surface area contributed by atoms with Crippen molar-refractivity contribution in [2.75, 3.05) is 30.4 Å². The van der Waals surface area contributed by atoms with Gasteiger partial charge >= 0.3 is 0 Å². The highest BCUT2D eigenvalue weighted by Crippen LogP contribution is 2.29. The van der Waals surface area contributed by atoms with E-state index < -0.39 is 0 Å². The smallest absolute Gasteiger partial charge is 0.276 e. The Morgan fingerprint density at radius 3 is 2.71 bits per heavy atom. The Labute approximate surface area is 179 Å². The maximum atomic E-state index is 12.8. The monoisotopic (exact) mass is 414 g/mol. The number of H-pyrrole nitrogens is 1. The summed E-state index contributed by atoms with van der Waals surface area (Å²) < 4.78 is 5.05. The molecule has 8 heteroatoms. The second-order valence-electron chi connectivity index (χ2n) is 7.50. The molecule has 0 unspecified atom stereocenters. The third kappa shape index (κ3) is 3.79. The molecule has 0 spiro atoms. The summed E-state index contributed by atoms with van der Waals surface area (Å²) in [4.78, 5) is 23.8. The molecule has 4 heterocycles. The maximum Gasteiger partial charge on any atom is 0.276 e. The van der Waals surface area contributed by atoms with Gasteiger partial charge < -0.3 is 15.0 Å². The number of nitrogens with zero attached hydrogens (tertiary/aromatic N) is 4. The largest absolute Gasteiger partial charge is 0.481 e. The molecule has 3 aromatic heterocycles. The molecule has 1 saturated heterocycles. The van der Waals surface area contributed by atoms with Gasteiger partial charge in [-0.25, -0.2) is 4.98 Å². The van der Waals surface area contributed by atoms with Gasteiger partial charge in [-0.15, -0.1) is 0 Å². The standard InChI is InChI=1S/C23H22N6O2/c1-31-21-7-5-17(13-25-21)26-23(30)22-19-11-15(4-6-20(19)27-28-22)16-10-18(14-24-12-16)29-8-2-3-9-29/h4-7,10-14H,2-3,8-9H2,1H3,(H,26,30)(H,27,28). The van der Waals surface area contributed by atoms with Crippen LogP contribution in [0.2, 0.25) is 0 Å². The number of carbonyl (C=O) groups is 1. The Balaban J connectivity index is 1.44. The van der Waals surface area contributed by atoms with Crippen molar-refractivity contribution >= 4 is 28.2 Å². The molecule has 0 aliphatic carbocycles. The predicted octanol–water partition coefficient (Wildman–Crippen LogP) is 3.88. The SMILES string of the molecule is COc1ccc(NC(=O)c2n[nH]c3ccc(-c4cncc(N5CCCC5)c4)cc23)cn1. The van der Waals surface area contributed by atoms with E-state index in [1.165, 1.54) is 12.8 Å². The lowest BCUT2D eigenvalue weighted by molar-refractivity contribution is 0.102. The van der Waals surface area contributed by atoms with Gasteiger partial charge in [0.05, 0.1) is 36.4 Å². The van der Waals surface area contributed by atoms with Crippen molar-refractivity contribution in [3.05, 3.63) is 60.7 Å². The van der Waals surface area contributed by atoms with Crippen LogP contribution in [0.25, 0.3) is 22.0 Å². The summed E-state index contributed by atoms with van der Waals surface area (Å²) in [6, 6.07) is 11.5. The Morgan fingerprint density at radius 2 is 1.94 bits per heavy atom. The van der Waals surface area contributed by atoms with Gasteiger partial charge in [0.2, 0.25) is 5.88 Å². The van der Waals surface area contributed by atoms with E-state index in [1.54, 1.807) is 25.4 Å². The van der Waals surface area contributed by atoms with E-state index in [2.05, 4.69) is 36.4 Å². The molecule has 1 amide bonds. The molecular formula is C23H22N6O2. The number of fused-ring (bicyclic) bond motifs is 1. The van der Waals surface area contributed by atoms with Crippen molar-refractivity contribution in [1.29, 1.82) is 0 Å². The normalized spacial score (nSPS) is 13.5. The fourth-order valence-electron chi connectivity index (χ4n) is 3.87. The van der Waals surface area contributed by atoms with Crippen molar-refractivity contribution in [3.63, 3.8) is 0 Å². The lowest BCUT2D eigenvalue weighted by Crippen LogP contribution is -2.17. The van der Waals surface area contributed by atoms with E-state index in [9.17, 15) is 4.79 Å². The molecule has 1 fully saturated rings. The number of benzene rings is 1. The average Bonchev–Trinajstić information content (AvgIpc) is 3.49. The zero-order valence-corrected chi connectivity index (χ0v) is 17.1. The fourth-order valence-corrected chi connectivity index (χ4v) is 3.87. The highest BCUT2D eigenvalue weighted by molar-refractivity contribution is 6.11. The van der Waals surface area contributed by atoms with Crippen LogP contribution in [0.3, 0.4) is 0 Å². The number of rotatable bonds is 5. The van der Waals surface area contributed by atoms with Crippen LogP contribution in [0.5, 0.6) is 5.88 Å². The van der Waals surface area contributed by atoms with E-state index in [4.69, 9.17) is 4.74 Å². The van der Waals surface area contributed by atoms with Crippen molar-refractivity contribution in [2.45, 2.75) is 12.8 Å². The summed E-state index contributed by atoms with van der Waals surface area (Å²) in [5.74, 6) is 0.178. The molecule has 0 saturated carbocycles. The summed E-state index contributed by atoms with van der Waals surface area (Å²) in [6.07, 6.45) is 7.74. The molecule has 0 radical (unpaired) electrons. The zero-order valence-electron chi connectivity index (χ0n) is 17.1. The van der Waals surface area contributed by atoms with Crippen LogP contribution < -0.4 is 15.0 Å². The minimum absolute atomic E-state index is 0.306. The van der Waals surface area contributed by atoms with Crippen LogP contribution in [0.1, 0.15) is 23.3 Å². The second-order valence-corrected chi connectivity index (χ2v) is 7.50. The van der Waals surface area contributed by atoms with Gasteiger partial charge in [-0.1, -0.05) is 6.07 Å². The molecule has 8 nitrogen and oxygen atoms in total. The fraction of sp³-hybridized carbons (Fsp3) is 0.217. The quantitative estimate of drug-likeness (QED) is 0.515. The molecule has 31 heavy (non-hydrogen) atoms. The van der Waals surface area contributed by atoms with E-state index >= 15 is 0 Å². The third-order valence-electron chi connectivity index (χ3n) is 5.51. The van der Waals surface area contributed by atoms with Crippen LogP contribution in [-0.2, 0) is 0 Å². The zero-order chi connectivity index (χ0) is 21.2. The highest BCUT2D eigenvalue weighted by Gasteiger charge is 2.17.